The minimum absolute atomic E-state index is 0.137. The summed E-state index contributed by atoms with van der Waals surface area (Å²) in [5.74, 6) is -0.137. The Morgan fingerprint density at radius 3 is 2.55 bits per heavy atom. The number of benzene rings is 2. The molecule has 0 fully saturated rings. The maximum Gasteiger partial charge on any atom is 0.126 e. The van der Waals surface area contributed by atoms with E-state index in [4.69, 9.17) is 0 Å². The van der Waals surface area contributed by atoms with Gasteiger partial charge in [-0.05, 0) is 55.8 Å². The van der Waals surface area contributed by atoms with Crippen molar-refractivity contribution in [3.63, 3.8) is 0 Å². The van der Waals surface area contributed by atoms with Crippen LogP contribution < -0.4 is 5.32 Å². The van der Waals surface area contributed by atoms with Crippen molar-refractivity contribution in [2.24, 2.45) is 0 Å². The molecule has 2 aromatic carbocycles. The maximum absolute atomic E-state index is 13.9. The fourth-order valence-corrected chi connectivity index (χ4v) is 3.27. The summed E-state index contributed by atoms with van der Waals surface area (Å²) in [6.45, 7) is 6.81. The Morgan fingerprint density at radius 2 is 1.90 bits per heavy atom. The van der Waals surface area contributed by atoms with E-state index in [0.717, 1.165) is 17.0 Å². The van der Waals surface area contributed by atoms with Gasteiger partial charge in [0.15, 0.2) is 0 Å². The van der Waals surface area contributed by atoms with Crippen molar-refractivity contribution < 1.29 is 4.39 Å². The molecule has 0 aliphatic heterocycles. The van der Waals surface area contributed by atoms with Crippen LogP contribution in [0.15, 0.2) is 52.3 Å². The number of hydrogen-bond acceptors (Lipinski definition) is 2. The summed E-state index contributed by atoms with van der Waals surface area (Å²) in [7, 11) is 0. The van der Waals surface area contributed by atoms with Gasteiger partial charge in [0.2, 0.25) is 0 Å². The average Bonchev–Trinajstić information content (AvgIpc) is 2.44. The first-order chi connectivity index (χ1) is 9.61. The molecule has 0 aliphatic rings. The Balaban J connectivity index is 2.37. The van der Waals surface area contributed by atoms with Crippen LogP contribution in [-0.2, 0) is 0 Å². The van der Waals surface area contributed by atoms with Crippen LogP contribution in [0.2, 0.25) is 0 Å². The van der Waals surface area contributed by atoms with Gasteiger partial charge in [-0.2, -0.15) is 0 Å². The summed E-state index contributed by atoms with van der Waals surface area (Å²) in [4.78, 5) is 2.28. The Hall–Kier alpha value is -1.32. The first kappa shape index (κ1) is 15.1. The Kier molecular flexibility index (Phi) is 5.21. The molecule has 0 aromatic heterocycles. The monoisotopic (exact) mass is 289 g/mol. The lowest BCUT2D eigenvalue weighted by molar-refractivity contribution is 0.571. The topological polar surface area (TPSA) is 12.0 Å². The van der Waals surface area contributed by atoms with E-state index in [2.05, 4.69) is 31.3 Å². The van der Waals surface area contributed by atoms with Gasteiger partial charge in [-0.3, -0.25) is 0 Å². The lowest BCUT2D eigenvalue weighted by atomic mass is 10.1. The Morgan fingerprint density at radius 1 is 1.20 bits per heavy atom. The number of halogens is 1. The molecule has 20 heavy (non-hydrogen) atoms. The van der Waals surface area contributed by atoms with Gasteiger partial charge in [0.05, 0.1) is 0 Å². The summed E-state index contributed by atoms with van der Waals surface area (Å²) < 4.78 is 13.9. The molecule has 0 heterocycles. The molecular formula is C17H20FNS. The van der Waals surface area contributed by atoms with Gasteiger partial charge < -0.3 is 5.32 Å². The second-order valence-electron chi connectivity index (χ2n) is 4.83. The van der Waals surface area contributed by atoms with Crippen LogP contribution in [0.25, 0.3) is 0 Å². The largest absolute Gasteiger partial charge is 0.310 e. The molecule has 0 saturated heterocycles. The molecule has 0 aliphatic carbocycles. The third-order valence-electron chi connectivity index (χ3n) is 3.24. The standard InChI is InChI=1S/C17H20FNS/c1-4-19-13(3)15-11-16(18)12(2)10-17(15)20-14-8-6-5-7-9-14/h5-11,13,19H,4H2,1-3H3. The molecule has 0 radical (unpaired) electrons. The summed E-state index contributed by atoms with van der Waals surface area (Å²) in [5, 5.41) is 3.35. The van der Waals surface area contributed by atoms with Crippen molar-refractivity contribution in [3.05, 3.63) is 59.4 Å². The molecule has 0 bridgehead atoms. The van der Waals surface area contributed by atoms with E-state index in [-0.39, 0.29) is 11.9 Å². The van der Waals surface area contributed by atoms with Crippen LogP contribution >= 0.6 is 11.8 Å². The van der Waals surface area contributed by atoms with Gasteiger partial charge >= 0.3 is 0 Å². The average molecular weight is 289 g/mol. The van der Waals surface area contributed by atoms with Crippen LogP contribution in [0.4, 0.5) is 4.39 Å². The first-order valence-corrected chi connectivity index (χ1v) is 7.69. The van der Waals surface area contributed by atoms with E-state index in [0.29, 0.717) is 5.56 Å². The minimum Gasteiger partial charge on any atom is -0.310 e. The molecule has 0 amide bonds. The molecule has 3 heteroatoms. The van der Waals surface area contributed by atoms with E-state index in [9.17, 15) is 4.39 Å². The number of hydrogen-bond donors (Lipinski definition) is 1. The molecule has 2 rings (SSSR count). The third-order valence-corrected chi connectivity index (χ3v) is 4.32. The molecule has 2 aromatic rings. The summed E-state index contributed by atoms with van der Waals surface area (Å²) in [5.41, 5.74) is 1.71. The number of nitrogens with one attached hydrogen (secondary N) is 1. The van der Waals surface area contributed by atoms with E-state index in [1.54, 1.807) is 17.8 Å². The van der Waals surface area contributed by atoms with E-state index >= 15 is 0 Å². The summed E-state index contributed by atoms with van der Waals surface area (Å²) >= 11 is 1.68. The van der Waals surface area contributed by atoms with Gasteiger partial charge in [0.25, 0.3) is 0 Å². The van der Waals surface area contributed by atoms with E-state index < -0.39 is 0 Å². The molecule has 106 valence electrons. The quantitative estimate of drug-likeness (QED) is 0.835. The Labute approximate surface area is 124 Å². The molecule has 0 saturated carbocycles. The van der Waals surface area contributed by atoms with Crippen LogP contribution in [0, 0.1) is 12.7 Å². The fraction of sp³-hybridized carbons (Fsp3) is 0.294. The molecule has 1 N–H and O–H groups in total. The predicted octanol–water partition coefficient (Wildman–Crippen LogP) is 4.96. The first-order valence-electron chi connectivity index (χ1n) is 6.88. The number of aryl methyl sites for hydroxylation is 1. The zero-order valence-electron chi connectivity index (χ0n) is 12.1. The maximum atomic E-state index is 13.9. The van der Waals surface area contributed by atoms with E-state index in [1.165, 1.54) is 4.90 Å². The van der Waals surface area contributed by atoms with Crippen LogP contribution in [0.5, 0.6) is 0 Å². The lowest BCUT2D eigenvalue weighted by Gasteiger charge is -2.18. The minimum atomic E-state index is -0.137. The van der Waals surface area contributed by atoms with Crippen LogP contribution in [-0.4, -0.2) is 6.54 Å². The fourth-order valence-electron chi connectivity index (χ4n) is 2.13. The predicted molar refractivity (Wildman–Crippen MR) is 83.8 cm³/mol. The second kappa shape index (κ2) is 6.91. The molecular weight excluding hydrogens is 269 g/mol. The second-order valence-corrected chi connectivity index (χ2v) is 5.95. The van der Waals surface area contributed by atoms with Crippen molar-refractivity contribution in [3.8, 4) is 0 Å². The normalized spacial score (nSPS) is 12.4. The summed E-state index contributed by atoms with van der Waals surface area (Å²) in [6, 6.07) is 13.9. The highest BCUT2D eigenvalue weighted by molar-refractivity contribution is 7.99. The highest BCUT2D eigenvalue weighted by atomic mass is 32.2. The molecule has 1 atom stereocenters. The zero-order valence-corrected chi connectivity index (χ0v) is 12.9. The van der Waals surface area contributed by atoms with Crippen LogP contribution in [0.1, 0.15) is 31.0 Å². The van der Waals surface area contributed by atoms with Gasteiger partial charge in [-0.25, -0.2) is 4.39 Å². The van der Waals surface area contributed by atoms with Crippen molar-refractivity contribution in [1.29, 1.82) is 0 Å². The highest BCUT2D eigenvalue weighted by Crippen LogP contribution is 2.34. The SMILES string of the molecule is CCNC(C)c1cc(F)c(C)cc1Sc1ccccc1. The van der Waals surface area contributed by atoms with Gasteiger partial charge in [-0.1, -0.05) is 36.9 Å². The highest BCUT2D eigenvalue weighted by Gasteiger charge is 2.14. The Bertz CT molecular complexity index is 569. The van der Waals surface area contributed by atoms with E-state index in [1.807, 2.05) is 31.2 Å². The molecule has 1 nitrogen and oxygen atoms in total. The van der Waals surface area contributed by atoms with Crippen molar-refractivity contribution in [1.82, 2.24) is 5.32 Å². The van der Waals surface area contributed by atoms with Gasteiger partial charge in [0.1, 0.15) is 5.82 Å². The van der Waals surface area contributed by atoms with Gasteiger partial charge in [0, 0.05) is 15.8 Å². The van der Waals surface area contributed by atoms with Gasteiger partial charge in [-0.15, -0.1) is 0 Å². The lowest BCUT2D eigenvalue weighted by Crippen LogP contribution is -2.18. The van der Waals surface area contributed by atoms with Crippen molar-refractivity contribution in [2.75, 3.05) is 6.54 Å². The molecule has 1 unspecified atom stereocenters. The molecule has 0 spiro atoms. The van der Waals surface area contributed by atoms with Crippen LogP contribution in [0.3, 0.4) is 0 Å². The number of rotatable bonds is 5. The smallest absolute Gasteiger partial charge is 0.126 e. The van der Waals surface area contributed by atoms with Crippen molar-refractivity contribution >= 4 is 11.8 Å². The third kappa shape index (κ3) is 3.62. The zero-order chi connectivity index (χ0) is 14.5. The van der Waals surface area contributed by atoms with Crippen molar-refractivity contribution in [2.45, 2.75) is 36.6 Å². The summed E-state index contributed by atoms with van der Waals surface area (Å²) in [6.07, 6.45) is 0.